The minimum absolute atomic E-state index is 0.716. The monoisotopic (exact) mass is 636 g/mol. The van der Waals surface area contributed by atoms with Crippen LogP contribution in [0.3, 0.4) is 0 Å². The summed E-state index contributed by atoms with van der Waals surface area (Å²) in [5, 5.41) is 3.39. The predicted octanol–water partition coefficient (Wildman–Crippen LogP) is 12.8. The zero-order valence-electron chi connectivity index (χ0n) is 27.4. The Morgan fingerprint density at radius 2 is 0.720 bits per heavy atom. The molecule has 50 heavy (non-hydrogen) atoms. The van der Waals surface area contributed by atoms with Crippen LogP contribution in [-0.4, -0.2) is 9.97 Å². The molecular weight excluding hydrogens is 605 g/mol. The number of nitrogens with zero attached hydrogens (tertiary/aromatic N) is 2. The van der Waals surface area contributed by atoms with Crippen molar-refractivity contribution < 1.29 is 0 Å². The van der Waals surface area contributed by atoms with Crippen LogP contribution in [-0.2, 0) is 0 Å². The second kappa shape index (κ2) is 12.8. The van der Waals surface area contributed by atoms with E-state index >= 15 is 0 Å². The smallest absolute Gasteiger partial charge is 0.160 e. The molecule has 0 amide bonds. The molecule has 0 aliphatic heterocycles. The van der Waals surface area contributed by atoms with Crippen molar-refractivity contribution in [2.75, 3.05) is 0 Å². The van der Waals surface area contributed by atoms with E-state index in [4.69, 9.17) is 9.97 Å². The fourth-order valence-electron chi connectivity index (χ4n) is 6.92. The molecule has 0 radical (unpaired) electrons. The van der Waals surface area contributed by atoms with Gasteiger partial charge >= 0.3 is 0 Å². The van der Waals surface area contributed by atoms with E-state index in [0.29, 0.717) is 5.82 Å². The van der Waals surface area contributed by atoms with Crippen LogP contribution in [0.4, 0.5) is 0 Å². The Morgan fingerprint density at radius 1 is 0.280 bits per heavy atom. The highest BCUT2D eigenvalue weighted by atomic mass is 14.9. The fourth-order valence-corrected chi connectivity index (χ4v) is 6.92. The van der Waals surface area contributed by atoms with E-state index in [1.54, 1.807) is 0 Å². The van der Waals surface area contributed by atoms with E-state index < -0.39 is 0 Å². The van der Waals surface area contributed by atoms with Gasteiger partial charge in [0.1, 0.15) is 0 Å². The lowest BCUT2D eigenvalue weighted by Gasteiger charge is -2.14. The Bertz CT molecular complexity index is 2620. The quantitative estimate of drug-likeness (QED) is 0.170. The molecule has 0 unspecified atom stereocenters. The van der Waals surface area contributed by atoms with Crippen molar-refractivity contribution in [3.05, 3.63) is 194 Å². The molecule has 0 saturated heterocycles. The minimum atomic E-state index is 0.716. The van der Waals surface area contributed by atoms with Crippen LogP contribution in [0.2, 0.25) is 0 Å². The van der Waals surface area contributed by atoms with Crippen LogP contribution in [0.25, 0.3) is 88.8 Å². The van der Waals surface area contributed by atoms with Gasteiger partial charge in [0.25, 0.3) is 0 Å². The highest BCUT2D eigenvalue weighted by Gasteiger charge is 2.15. The third kappa shape index (κ3) is 5.63. The van der Waals surface area contributed by atoms with E-state index in [9.17, 15) is 0 Å². The standard InChI is InChI=1S/C48H32N2/c1-3-12-33(13-4-1)35-24-26-37(27-25-35)48-49-45-29-28-36-16-7-8-23-44(36)46(45)47(50-48)43-22-11-21-42(32-43)41-20-10-19-40(31-41)39-18-9-17-38(30-39)34-14-5-2-6-15-34/h1-32H. The molecule has 0 saturated carbocycles. The largest absolute Gasteiger partial charge is 0.228 e. The molecule has 8 aromatic carbocycles. The van der Waals surface area contributed by atoms with E-state index in [1.165, 1.54) is 38.8 Å². The molecule has 9 rings (SSSR count). The van der Waals surface area contributed by atoms with Crippen LogP contribution >= 0.6 is 0 Å². The van der Waals surface area contributed by atoms with Crippen molar-refractivity contribution >= 4 is 21.7 Å². The summed E-state index contributed by atoms with van der Waals surface area (Å²) in [5.41, 5.74) is 13.4. The summed E-state index contributed by atoms with van der Waals surface area (Å²) in [6.45, 7) is 0. The summed E-state index contributed by atoms with van der Waals surface area (Å²) >= 11 is 0. The average Bonchev–Trinajstić information content (AvgIpc) is 3.21. The number of aromatic nitrogens is 2. The zero-order chi connectivity index (χ0) is 33.3. The van der Waals surface area contributed by atoms with Crippen LogP contribution in [0.5, 0.6) is 0 Å². The third-order valence-electron chi connectivity index (χ3n) is 9.47. The summed E-state index contributed by atoms with van der Waals surface area (Å²) in [5.74, 6) is 0.716. The van der Waals surface area contributed by atoms with Crippen molar-refractivity contribution in [3.8, 4) is 67.2 Å². The number of fused-ring (bicyclic) bond motifs is 3. The van der Waals surface area contributed by atoms with Gasteiger partial charge in [-0.05, 0) is 79.5 Å². The molecule has 0 fully saturated rings. The average molecular weight is 637 g/mol. The van der Waals surface area contributed by atoms with Gasteiger partial charge in [-0.15, -0.1) is 0 Å². The maximum Gasteiger partial charge on any atom is 0.160 e. The first-order chi connectivity index (χ1) is 24.8. The molecule has 2 heteroatoms. The van der Waals surface area contributed by atoms with Gasteiger partial charge in [-0.3, -0.25) is 0 Å². The summed E-state index contributed by atoms with van der Waals surface area (Å²) < 4.78 is 0. The van der Waals surface area contributed by atoms with Gasteiger partial charge in [0, 0.05) is 16.5 Å². The summed E-state index contributed by atoms with van der Waals surface area (Å²) in [6.07, 6.45) is 0. The van der Waals surface area contributed by atoms with Crippen molar-refractivity contribution in [3.63, 3.8) is 0 Å². The minimum Gasteiger partial charge on any atom is -0.228 e. The molecule has 0 aliphatic carbocycles. The lowest BCUT2D eigenvalue weighted by Crippen LogP contribution is -1.96. The molecule has 2 nitrogen and oxygen atoms in total. The predicted molar refractivity (Wildman–Crippen MR) is 210 cm³/mol. The van der Waals surface area contributed by atoms with Gasteiger partial charge in [-0.1, -0.05) is 170 Å². The van der Waals surface area contributed by atoms with Crippen LogP contribution < -0.4 is 0 Å². The number of hydrogen-bond donors (Lipinski definition) is 0. The first-order valence-electron chi connectivity index (χ1n) is 17.0. The van der Waals surface area contributed by atoms with Crippen LogP contribution in [0, 0.1) is 0 Å². The van der Waals surface area contributed by atoms with Crippen LogP contribution in [0.1, 0.15) is 0 Å². The molecule has 0 atom stereocenters. The van der Waals surface area contributed by atoms with E-state index in [-0.39, 0.29) is 0 Å². The lowest BCUT2D eigenvalue weighted by molar-refractivity contribution is 1.23. The number of benzene rings is 8. The highest BCUT2D eigenvalue weighted by Crippen LogP contribution is 2.37. The molecule has 0 aliphatic rings. The second-order valence-electron chi connectivity index (χ2n) is 12.6. The highest BCUT2D eigenvalue weighted by molar-refractivity contribution is 6.12. The maximum absolute atomic E-state index is 5.32. The molecule has 0 spiro atoms. The van der Waals surface area contributed by atoms with Crippen molar-refractivity contribution in [2.45, 2.75) is 0 Å². The third-order valence-corrected chi connectivity index (χ3v) is 9.47. The summed E-state index contributed by atoms with van der Waals surface area (Å²) in [7, 11) is 0. The molecule has 0 N–H and O–H groups in total. The first-order valence-corrected chi connectivity index (χ1v) is 17.0. The molecular formula is C48H32N2. The topological polar surface area (TPSA) is 25.8 Å². The normalized spacial score (nSPS) is 11.2. The van der Waals surface area contributed by atoms with Crippen molar-refractivity contribution in [2.24, 2.45) is 0 Å². The van der Waals surface area contributed by atoms with Gasteiger partial charge in [0.2, 0.25) is 0 Å². The van der Waals surface area contributed by atoms with E-state index in [1.807, 2.05) is 6.07 Å². The summed E-state index contributed by atoms with van der Waals surface area (Å²) in [6, 6.07) is 68.7. The Morgan fingerprint density at radius 3 is 1.34 bits per heavy atom. The molecule has 1 heterocycles. The number of rotatable bonds is 6. The lowest BCUT2D eigenvalue weighted by atomic mass is 9.94. The SMILES string of the molecule is c1ccc(-c2ccc(-c3nc(-c4cccc(-c5cccc(-c6cccc(-c7ccccc7)c6)c5)c4)c4c(ccc5ccccc54)n3)cc2)cc1. The molecule has 0 bridgehead atoms. The molecule has 234 valence electrons. The van der Waals surface area contributed by atoms with Gasteiger partial charge in [-0.2, -0.15) is 0 Å². The van der Waals surface area contributed by atoms with Gasteiger partial charge in [-0.25, -0.2) is 9.97 Å². The Hall–Kier alpha value is -6.64. The Labute approximate surface area is 292 Å². The second-order valence-corrected chi connectivity index (χ2v) is 12.6. The zero-order valence-corrected chi connectivity index (χ0v) is 27.4. The first kappa shape index (κ1) is 29.5. The van der Waals surface area contributed by atoms with Crippen molar-refractivity contribution in [1.29, 1.82) is 0 Å². The van der Waals surface area contributed by atoms with E-state index in [2.05, 4.69) is 188 Å². The number of hydrogen-bond acceptors (Lipinski definition) is 2. The Kier molecular flexibility index (Phi) is 7.53. The molecule has 1 aromatic heterocycles. The molecule has 9 aromatic rings. The fraction of sp³-hybridized carbons (Fsp3) is 0. The van der Waals surface area contributed by atoms with Crippen molar-refractivity contribution in [1.82, 2.24) is 9.97 Å². The Balaban J connectivity index is 1.15. The van der Waals surface area contributed by atoms with Gasteiger partial charge < -0.3 is 0 Å². The van der Waals surface area contributed by atoms with Gasteiger partial charge in [0.05, 0.1) is 11.2 Å². The van der Waals surface area contributed by atoms with E-state index in [0.717, 1.165) is 44.2 Å². The maximum atomic E-state index is 5.32. The van der Waals surface area contributed by atoms with Gasteiger partial charge in [0.15, 0.2) is 5.82 Å². The summed E-state index contributed by atoms with van der Waals surface area (Å²) in [4.78, 5) is 10.4. The van der Waals surface area contributed by atoms with Crippen LogP contribution in [0.15, 0.2) is 194 Å².